The van der Waals surface area contributed by atoms with Crippen LogP contribution in [0.1, 0.15) is 20.3 Å². The molecule has 8 heavy (non-hydrogen) atoms. The molecule has 0 saturated carbocycles. The van der Waals surface area contributed by atoms with E-state index in [0.29, 0.717) is 0 Å². The molecule has 0 aromatic rings. The van der Waals surface area contributed by atoms with Crippen LogP contribution in [-0.4, -0.2) is 11.7 Å². The average molecular weight is 135 g/mol. The van der Waals surface area contributed by atoms with Gasteiger partial charge in [-0.2, -0.15) is 5.10 Å². The van der Waals surface area contributed by atoms with E-state index in [1.54, 1.807) is 6.21 Å². The molecule has 0 heterocycles. The fourth-order valence-corrected chi connectivity index (χ4v) is 0.303. The summed E-state index contributed by atoms with van der Waals surface area (Å²) in [6, 6.07) is 0. The van der Waals surface area contributed by atoms with E-state index in [9.17, 15) is 0 Å². The van der Waals surface area contributed by atoms with Crippen LogP contribution in [0.4, 0.5) is 0 Å². The zero-order valence-electron chi connectivity index (χ0n) is 5.19. The third kappa shape index (κ3) is 3.93. The first-order valence-electron chi connectivity index (χ1n) is 2.68. The summed E-state index contributed by atoms with van der Waals surface area (Å²) in [5.41, 5.74) is 2.69. The molecular formula is C5H11ClN2. The Morgan fingerprint density at radius 3 is 2.88 bits per heavy atom. The summed E-state index contributed by atoms with van der Waals surface area (Å²) in [7, 11) is 0. The van der Waals surface area contributed by atoms with Gasteiger partial charge in [-0.05, 0) is 13.3 Å². The van der Waals surface area contributed by atoms with Crippen LogP contribution in [0.5, 0.6) is 0 Å². The number of hydrogen-bond acceptors (Lipinski definition) is 2. The van der Waals surface area contributed by atoms with Gasteiger partial charge in [-0.1, -0.05) is 18.5 Å². The minimum atomic E-state index is -0.0220. The summed E-state index contributed by atoms with van der Waals surface area (Å²) in [6.07, 6.45) is 2.56. The van der Waals surface area contributed by atoms with Gasteiger partial charge in [0.05, 0.1) is 0 Å². The van der Waals surface area contributed by atoms with E-state index in [-0.39, 0.29) is 5.50 Å². The predicted molar refractivity (Wildman–Crippen MR) is 37.2 cm³/mol. The average Bonchev–Trinajstić information content (AvgIpc) is 1.83. The van der Waals surface area contributed by atoms with E-state index < -0.39 is 0 Å². The molecule has 0 aliphatic heterocycles. The molecule has 1 N–H and O–H groups in total. The van der Waals surface area contributed by atoms with Crippen LogP contribution in [-0.2, 0) is 0 Å². The van der Waals surface area contributed by atoms with Crippen molar-refractivity contribution in [1.29, 1.82) is 0 Å². The van der Waals surface area contributed by atoms with Gasteiger partial charge in [-0.3, -0.25) is 5.43 Å². The molecule has 0 aromatic heterocycles. The van der Waals surface area contributed by atoms with Gasteiger partial charge in [0.15, 0.2) is 0 Å². The first-order valence-corrected chi connectivity index (χ1v) is 3.12. The summed E-state index contributed by atoms with van der Waals surface area (Å²) >= 11 is 5.62. The molecule has 0 amide bonds. The Morgan fingerprint density at radius 2 is 2.50 bits per heavy atom. The molecule has 0 saturated heterocycles. The standard InChI is InChI=1S/C5H11ClN2/c1-3-5(6)8-7-4-2/h4-5,8H,3H2,1-2H3/b7-4-. The van der Waals surface area contributed by atoms with Gasteiger partial charge in [0.1, 0.15) is 5.50 Å². The summed E-state index contributed by atoms with van der Waals surface area (Å²) in [5.74, 6) is 0. The minimum Gasteiger partial charge on any atom is -0.292 e. The molecule has 0 fully saturated rings. The molecule has 48 valence electrons. The lowest BCUT2D eigenvalue weighted by atomic mass is 10.5. The molecule has 3 heteroatoms. The van der Waals surface area contributed by atoms with Crippen molar-refractivity contribution < 1.29 is 0 Å². The number of hydrogen-bond donors (Lipinski definition) is 1. The maximum Gasteiger partial charge on any atom is 0.117 e. The Bertz CT molecular complexity index is 72.8. The molecule has 2 nitrogen and oxygen atoms in total. The highest BCUT2D eigenvalue weighted by molar-refractivity contribution is 6.20. The van der Waals surface area contributed by atoms with Gasteiger partial charge in [-0.15, -0.1) is 0 Å². The van der Waals surface area contributed by atoms with E-state index in [2.05, 4.69) is 10.5 Å². The number of hydrazone groups is 1. The second-order valence-electron chi connectivity index (χ2n) is 1.39. The lowest BCUT2D eigenvalue weighted by molar-refractivity contribution is 0.661. The molecule has 0 radical (unpaired) electrons. The smallest absolute Gasteiger partial charge is 0.117 e. The van der Waals surface area contributed by atoms with E-state index in [1.165, 1.54) is 0 Å². The Balaban J connectivity index is 3.10. The number of halogens is 1. The highest BCUT2D eigenvalue weighted by Crippen LogP contribution is 1.93. The fraction of sp³-hybridized carbons (Fsp3) is 0.800. The van der Waals surface area contributed by atoms with Gasteiger partial charge < -0.3 is 0 Å². The number of alkyl halides is 1. The molecule has 1 unspecified atom stereocenters. The van der Waals surface area contributed by atoms with Gasteiger partial charge in [0.25, 0.3) is 0 Å². The van der Waals surface area contributed by atoms with Crippen LogP contribution in [0, 0.1) is 0 Å². The minimum absolute atomic E-state index is 0.0220. The van der Waals surface area contributed by atoms with E-state index in [1.807, 2.05) is 13.8 Å². The predicted octanol–water partition coefficient (Wildman–Crippen LogP) is 1.56. The highest BCUT2D eigenvalue weighted by Gasteiger charge is 1.92. The lowest BCUT2D eigenvalue weighted by Crippen LogP contribution is -2.15. The molecule has 1 atom stereocenters. The lowest BCUT2D eigenvalue weighted by Gasteiger charge is -2.02. The van der Waals surface area contributed by atoms with Crippen molar-refractivity contribution in [3.63, 3.8) is 0 Å². The molecule has 0 rings (SSSR count). The first kappa shape index (κ1) is 7.76. The molecule has 0 aliphatic rings. The van der Waals surface area contributed by atoms with Crippen LogP contribution in [0.15, 0.2) is 5.10 Å². The zero-order valence-corrected chi connectivity index (χ0v) is 5.94. The third-order valence-corrected chi connectivity index (χ3v) is 1.11. The summed E-state index contributed by atoms with van der Waals surface area (Å²) in [4.78, 5) is 0. The van der Waals surface area contributed by atoms with E-state index >= 15 is 0 Å². The zero-order chi connectivity index (χ0) is 6.41. The van der Waals surface area contributed by atoms with Gasteiger partial charge >= 0.3 is 0 Å². The summed E-state index contributed by atoms with van der Waals surface area (Å²) < 4.78 is 0. The Morgan fingerprint density at radius 1 is 1.88 bits per heavy atom. The summed E-state index contributed by atoms with van der Waals surface area (Å²) in [6.45, 7) is 3.84. The fourth-order valence-electron chi connectivity index (χ4n) is 0.247. The van der Waals surface area contributed by atoms with Crippen LogP contribution in [0.3, 0.4) is 0 Å². The Labute approximate surface area is 54.9 Å². The summed E-state index contributed by atoms with van der Waals surface area (Å²) in [5, 5.41) is 3.74. The van der Waals surface area contributed by atoms with Crippen LogP contribution in [0.2, 0.25) is 0 Å². The topological polar surface area (TPSA) is 24.4 Å². The third-order valence-electron chi connectivity index (χ3n) is 0.702. The SMILES string of the molecule is C/C=N\NC(Cl)CC. The number of nitrogens with one attached hydrogen (secondary N) is 1. The van der Waals surface area contributed by atoms with Gasteiger partial charge in [0.2, 0.25) is 0 Å². The normalized spacial score (nSPS) is 14.4. The Kier molecular flexibility index (Phi) is 4.76. The molecule has 0 spiro atoms. The van der Waals surface area contributed by atoms with Crippen molar-refractivity contribution in [3.8, 4) is 0 Å². The largest absolute Gasteiger partial charge is 0.292 e. The molecule has 0 bridgehead atoms. The maximum atomic E-state index is 5.62. The van der Waals surface area contributed by atoms with Crippen LogP contribution < -0.4 is 5.43 Å². The van der Waals surface area contributed by atoms with Crippen LogP contribution >= 0.6 is 11.6 Å². The monoisotopic (exact) mass is 134 g/mol. The number of nitrogens with zero attached hydrogens (tertiary/aromatic N) is 1. The van der Waals surface area contributed by atoms with E-state index in [4.69, 9.17) is 11.6 Å². The highest BCUT2D eigenvalue weighted by atomic mass is 35.5. The maximum absolute atomic E-state index is 5.62. The van der Waals surface area contributed by atoms with Crippen molar-refractivity contribution in [3.05, 3.63) is 0 Å². The molecular weight excluding hydrogens is 124 g/mol. The van der Waals surface area contributed by atoms with Gasteiger partial charge in [-0.25, -0.2) is 0 Å². The van der Waals surface area contributed by atoms with Crippen LogP contribution in [0.25, 0.3) is 0 Å². The second kappa shape index (κ2) is 4.91. The van der Waals surface area contributed by atoms with Crippen molar-refractivity contribution in [2.45, 2.75) is 25.8 Å². The van der Waals surface area contributed by atoms with Gasteiger partial charge in [0, 0.05) is 6.21 Å². The quantitative estimate of drug-likeness (QED) is 0.269. The Hall–Kier alpha value is -0.240. The first-order chi connectivity index (χ1) is 3.81. The van der Waals surface area contributed by atoms with Crippen molar-refractivity contribution in [2.24, 2.45) is 5.10 Å². The van der Waals surface area contributed by atoms with Crippen molar-refractivity contribution in [1.82, 2.24) is 5.43 Å². The van der Waals surface area contributed by atoms with Crippen molar-refractivity contribution in [2.75, 3.05) is 0 Å². The molecule has 0 aromatic carbocycles. The van der Waals surface area contributed by atoms with E-state index in [0.717, 1.165) is 6.42 Å². The number of rotatable bonds is 3. The second-order valence-corrected chi connectivity index (χ2v) is 1.92. The van der Waals surface area contributed by atoms with Crippen molar-refractivity contribution >= 4 is 17.8 Å². The molecule has 0 aliphatic carbocycles.